The second kappa shape index (κ2) is 7.25. The van der Waals surface area contributed by atoms with E-state index in [-0.39, 0.29) is 5.91 Å². The Hall–Kier alpha value is -1.39. The van der Waals surface area contributed by atoms with Gasteiger partial charge in [-0.2, -0.15) is 0 Å². The number of aromatic nitrogens is 1. The Kier molecular flexibility index (Phi) is 5.11. The van der Waals surface area contributed by atoms with Gasteiger partial charge >= 0.3 is 0 Å². The highest BCUT2D eigenvalue weighted by Gasteiger charge is 2.18. The molecule has 0 bridgehead atoms. The number of carbonyl (C=O) groups is 1. The summed E-state index contributed by atoms with van der Waals surface area (Å²) in [7, 11) is 0. The van der Waals surface area contributed by atoms with Gasteiger partial charge in [0.25, 0.3) is 5.91 Å². The van der Waals surface area contributed by atoms with E-state index in [1.54, 1.807) is 23.5 Å². The number of amides is 1. The largest absolute Gasteiger partial charge is 0.345 e. The predicted molar refractivity (Wildman–Crippen MR) is 90.6 cm³/mol. The van der Waals surface area contributed by atoms with Crippen molar-refractivity contribution in [1.82, 2.24) is 10.3 Å². The number of halogens is 1. The maximum Gasteiger partial charge on any atom is 0.253 e. The Bertz CT molecular complexity index is 650. The summed E-state index contributed by atoms with van der Waals surface area (Å²) in [6.07, 6.45) is 6.45. The van der Waals surface area contributed by atoms with Crippen molar-refractivity contribution in [2.75, 3.05) is 0 Å². The molecule has 0 aliphatic heterocycles. The van der Waals surface area contributed by atoms with Gasteiger partial charge in [-0.05, 0) is 25.0 Å². The zero-order chi connectivity index (χ0) is 15.4. The smallest absolute Gasteiger partial charge is 0.253 e. The molecule has 22 heavy (non-hydrogen) atoms. The Morgan fingerprint density at radius 1 is 1.27 bits per heavy atom. The van der Waals surface area contributed by atoms with Gasteiger partial charge in [-0.25, -0.2) is 4.98 Å². The highest BCUT2D eigenvalue weighted by atomic mass is 35.5. The van der Waals surface area contributed by atoms with Crippen LogP contribution in [0.3, 0.4) is 0 Å². The number of hydrogen-bond donors (Lipinski definition) is 1. The number of hydrogen-bond acceptors (Lipinski definition) is 3. The second-order valence-electron chi connectivity index (χ2n) is 5.66. The summed E-state index contributed by atoms with van der Waals surface area (Å²) in [4.78, 5) is 16.8. The van der Waals surface area contributed by atoms with Gasteiger partial charge in [-0.3, -0.25) is 4.79 Å². The molecule has 1 heterocycles. The Balaban J connectivity index is 1.59. The van der Waals surface area contributed by atoms with Crippen molar-refractivity contribution >= 4 is 28.8 Å². The van der Waals surface area contributed by atoms with Crippen molar-refractivity contribution in [2.24, 2.45) is 0 Å². The molecule has 1 saturated carbocycles. The first-order chi connectivity index (χ1) is 10.7. The minimum atomic E-state index is -0.153. The summed E-state index contributed by atoms with van der Waals surface area (Å²) in [6.45, 7) is 0.460. The molecule has 0 spiro atoms. The summed E-state index contributed by atoms with van der Waals surface area (Å²) in [5, 5.41) is 6.48. The van der Waals surface area contributed by atoms with Gasteiger partial charge in [-0.1, -0.05) is 43.0 Å². The third-order valence-corrected chi connectivity index (χ3v) is 5.31. The van der Waals surface area contributed by atoms with Crippen LogP contribution in [-0.4, -0.2) is 10.9 Å². The van der Waals surface area contributed by atoms with E-state index in [0.29, 0.717) is 23.0 Å². The van der Waals surface area contributed by atoms with Crippen LogP contribution in [0.25, 0.3) is 0 Å². The number of benzene rings is 1. The molecular formula is C17H19ClN2OS. The van der Waals surface area contributed by atoms with Crippen molar-refractivity contribution in [3.63, 3.8) is 0 Å². The lowest BCUT2D eigenvalue weighted by atomic mass is 9.87. The van der Waals surface area contributed by atoms with Gasteiger partial charge in [0.15, 0.2) is 0 Å². The molecule has 0 saturated heterocycles. The van der Waals surface area contributed by atoms with Crippen molar-refractivity contribution in [1.29, 1.82) is 0 Å². The summed E-state index contributed by atoms with van der Waals surface area (Å²) in [5.41, 5.74) is 1.71. The van der Waals surface area contributed by atoms with Gasteiger partial charge in [0, 0.05) is 11.3 Å². The van der Waals surface area contributed by atoms with Gasteiger partial charge in [0.1, 0.15) is 5.01 Å². The quantitative estimate of drug-likeness (QED) is 0.874. The van der Waals surface area contributed by atoms with Crippen molar-refractivity contribution < 1.29 is 4.79 Å². The van der Waals surface area contributed by atoms with E-state index in [1.165, 1.54) is 37.8 Å². The van der Waals surface area contributed by atoms with E-state index < -0.39 is 0 Å². The zero-order valence-electron chi connectivity index (χ0n) is 12.3. The number of nitrogens with one attached hydrogen (secondary N) is 1. The fourth-order valence-electron chi connectivity index (χ4n) is 2.89. The van der Waals surface area contributed by atoms with Crippen LogP contribution >= 0.6 is 22.9 Å². The van der Waals surface area contributed by atoms with Crippen LogP contribution in [0.4, 0.5) is 0 Å². The molecule has 1 aliphatic rings. The highest BCUT2D eigenvalue weighted by molar-refractivity contribution is 7.09. The molecule has 1 amide bonds. The first kappa shape index (κ1) is 15.5. The van der Waals surface area contributed by atoms with E-state index in [2.05, 4.69) is 10.7 Å². The van der Waals surface area contributed by atoms with Gasteiger partial charge < -0.3 is 5.32 Å². The lowest BCUT2D eigenvalue weighted by molar-refractivity contribution is 0.0951. The molecule has 2 aromatic rings. The maximum absolute atomic E-state index is 12.1. The third-order valence-electron chi connectivity index (χ3n) is 4.11. The van der Waals surface area contributed by atoms with E-state index in [0.717, 1.165) is 5.01 Å². The van der Waals surface area contributed by atoms with E-state index in [9.17, 15) is 4.79 Å². The Morgan fingerprint density at radius 2 is 2.05 bits per heavy atom. The molecular weight excluding hydrogens is 316 g/mol. The summed E-state index contributed by atoms with van der Waals surface area (Å²) < 4.78 is 0. The Labute approximate surface area is 139 Å². The third kappa shape index (κ3) is 3.68. The lowest BCUT2D eigenvalue weighted by Gasteiger charge is -2.19. The first-order valence-electron chi connectivity index (χ1n) is 7.71. The minimum Gasteiger partial charge on any atom is -0.345 e. The van der Waals surface area contributed by atoms with Crippen LogP contribution in [0.5, 0.6) is 0 Å². The van der Waals surface area contributed by atoms with Crippen LogP contribution in [0.15, 0.2) is 29.6 Å². The summed E-state index contributed by atoms with van der Waals surface area (Å²) in [6, 6.07) is 7.08. The molecule has 1 aliphatic carbocycles. The molecule has 1 aromatic carbocycles. The number of nitrogens with zero attached hydrogens (tertiary/aromatic N) is 1. The molecule has 1 N–H and O–H groups in total. The van der Waals surface area contributed by atoms with Crippen molar-refractivity contribution in [3.8, 4) is 0 Å². The standard InChI is InChI=1S/C17H19ClN2OS/c18-14-9-5-4-8-13(14)17(21)19-10-16-20-15(11-22-16)12-6-2-1-3-7-12/h4-5,8-9,11-12H,1-3,6-7,10H2,(H,19,21). The first-order valence-corrected chi connectivity index (χ1v) is 8.97. The van der Waals surface area contributed by atoms with E-state index in [4.69, 9.17) is 16.6 Å². The lowest BCUT2D eigenvalue weighted by Crippen LogP contribution is -2.23. The molecule has 0 radical (unpaired) electrons. The molecule has 0 atom stereocenters. The van der Waals surface area contributed by atoms with Crippen LogP contribution in [0.1, 0.15) is 59.1 Å². The summed E-state index contributed by atoms with van der Waals surface area (Å²) >= 11 is 7.66. The monoisotopic (exact) mass is 334 g/mol. The molecule has 116 valence electrons. The van der Waals surface area contributed by atoms with Crippen LogP contribution in [-0.2, 0) is 6.54 Å². The van der Waals surface area contributed by atoms with Crippen LogP contribution in [0.2, 0.25) is 5.02 Å². The van der Waals surface area contributed by atoms with Crippen LogP contribution in [0, 0.1) is 0 Å². The normalized spacial score (nSPS) is 15.7. The number of rotatable bonds is 4. The number of carbonyl (C=O) groups excluding carboxylic acids is 1. The molecule has 3 nitrogen and oxygen atoms in total. The van der Waals surface area contributed by atoms with E-state index >= 15 is 0 Å². The average molecular weight is 335 g/mol. The topological polar surface area (TPSA) is 42.0 Å². The number of thiazole rings is 1. The molecule has 1 aromatic heterocycles. The average Bonchev–Trinajstić information content (AvgIpc) is 3.03. The van der Waals surface area contributed by atoms with Crippen molar-refractivity contribution in [2.45, 2.75) is 44.6 Å². The molecule has 5 heteroatoms. The second-order valence-corrected chi connectivity index (χ2v) is 7.01. The van der Waals surface area contributed by atoms with Gasteiger partial charge in [0.2, 0.25) is 0 Å². The predicted octanol–water partition coefficient (Wildman–Crippen LogP) is 4.77. The van der Waals surface area contributed by atoms with Crippen molar-refractivity contribution in [3.05, 3.63) is 50.9 Å². The fraction of sp³-hybridized carbons (Fsp3) is 0.412. The van der Waals surface area contributed by atoms with Gasteiger partial charge in [-0.15, -0.1) is 11.3 Å². The van der Waals surface area contributed by atoms with Crippen LogP contribution < -0.4 is 5.32 Å². The minimum absolute atomic E-state index is 0.153. The molecule has 1 fully saturated rings. The molecule has 3 rings (SSSR count). The fourth-order valence-corrected chi connectivity index (χ4v) is 3.93. The SMILES string of the molecule is O=C(NCc1nc(C2CCCCC2)cs1)c1ccccc1Cl. The summed E-state index contributed by atoms with van der Waals surface area (Å²) in [5.74, 6) is 0.457. The van der Waals surface area contributed by atoms with E-state index in [1.807, 2.05) is 12.1 Å². The molecule has 0 unspecified atom stereocenters. The zero-order valence-corrected chi connectivity index (χ0v) is 13.9. The Morgan fingerprint density at radius 3 is 2.82 bits per heavy atom. The van der Waals surface area contributed by atoms with Gasteiger partial charge in [0.05, 0.1) is 22.8 Å². The maximum atomic E-state index is 12.1. The highest BCUT2D eigenvalue weighted by Crippen LogP contribution is 2.33.